The van der Waals surface area contributed by atoms with Crippen LogP contribution in [0.4, 0.5) is 11.8 Å². The van der Waals surface area contributed by atoms with E-state index in [9.17, 15) is 14.7 Å². The van der Waals surface area contributed by atoms with Crippen molar-refractivity contribution < 1.29 is 14.7 Å². The number of carbonyl (C=O) groups excluding carboxylic acids is 1. The van der Waals surface area contributed by atoms with Gasteiger partial charge in [-0.05, 0) is 23.6 Å². The molecule has 0 saturated heterocycles. The van der Waals surface area contributed by atoms with Gasteiger partial charge < -0.3 is 21.5 Å². The van der Waals surface area contributed by atoms with Gasteiger partial charge in [0.2, 0.25) is 5.95 Å². The molecule has 1 aromatic carbocycles. The first-order chi connectivity index (χ1) is 14.9. The van der Waals surface area contributed by atoms with Crippen LogP contribution in [0.5, 0.6) is 0 Å². The molecule has 3 atom stereocenters. The minimum absolute atomic E-state index is 0.132. The molecule has 0 bridgehead atoms. The molecule has 1 aliphatic rings. The van der Waals surface area contributed by atoms with E-state index in [1.807, 2.05) is 36.4 Å². The highest BCUT2D eigenvalue weighted by Gasteiger charge is 2.31. The molecule has 2 aromatic heterocycles. The maximum Gasteiger partial charge on any atom is 0.326 e. The first-order valence-electron chi connectivity index (χ1n) is 9.96. The number of benzene rings is 1. The number of carboxylic acid groups (broad SMARTS) is 1. The SMILES string of the molecule is CC(c1ccc(C(=O)N[C@@H](Cc2ccccc2)C(=O)O)s1)C1CNc2nc(N)ncc21. The van der Waals surface area contributed by atoms with Gasteiger partial charge in [-0.1, -0.05) is 37.3 Å². The number of rotatable bonds is 7. The molecule has 31 heavy (non-hydrogen) atoms. The van der Waals surface area contributed by atoms with Crippen molar-refractivity contribution >= 4 is 35.0 Å². The van der Waals surface area contributed by atoms with Crippen molar-refractivity contribution in [3.05, 3.63) is 69.5 Å². The third kappa shape index (κ3) is 4.51. The quantitative estimate of drug-likeness (QED) is 0.447. The lowest BCUT2D eigenvalue weighted by atomic mass is 9.89. The highest BCUT2D eigenvalue weighted by Crippen LogP contribution is 2.41. The van der Waals surface area contributed by atoms with E-state index < -0.39 is 12.0 Å². The maximum atomic E-state index is 12.7. The number of nitrogens with two attached hydrogens (primary N) is 1. The van der Waals surface area contributed by atoms with Crippen LogP contribution in [0.15, 0.2) is 48.7 Å². The Morgan fingerprint density at radius 3 is 2.81 bits per heavy atom. The Bertz CT molecular complexity index is 1100. The van der Waals surface area contributed by atoms with Crippen LogP contribution >= 0.6 is 11.3 Å². The zero-order chi connectivity index (χ0) is 22.0. The zero-order valence-corrected chi connectivity index (χ0v) is 17.7. The number of fused-ring (bicyclic) bond motifs is 1. The Kier molecular flexibility index (Phi) is 5.85. The number of aliphatic carboxylic acids is 1. The van der Waals surface area contributed by atoms with Gasteiger partial charge in [-0.2, -0.15) is 4.98 Å². The Labute approximate surface area is 183 Å². The normalized spacial score (nSPS) is 16.7. The van der Waals surface area contributed by atoms with Crippen LogP contribution < -0.4 is 16.4 Å². The molecular weight excluding hydrogens is 414 g/mol. The molecule has 1 aliphatic heterocycles. The van der Waals surface area contributed by atoms with Gasteiger partial charge in [-0.25, -0.2) is 9.78 Å². The fourth-order valence-electron chi connectivity index (χ4n) is 3.78. The van der Waals surface area contributed by atoms with Crippen LogP contribution in [-0.4, -0.2) is 39.5 Å². The van der Waals surface area contributed by atoms with Gasteiger partial charge in [0.1, 0.15) is 11.9 Å². The molecular formula is C22H23N5O3S. The lowest BCUT2D eigenvalue weighted by Gasteiger charge is -2.17. The standard InChI is InChI=1S/C22H23N5O3S/c1-12(14-10-24-19-15(14)11-25-22(23)27-19)17-7-8-18(31-17)20(28)26-16(21(29)30)9-13-5-3-2-4-6-13/h2-8,11-12,14,16H,9-10H2,1H3,(H,26,28)(H,29,30)(H3,23,24,25,27)/t12?,14?,16-/m0/s1. The van der Waals surface area contributed by atoms with E-state index in [4.69, 9.17) is 5.73 Å². The second kappa shape index (κ2) is 8.73. The summed E-state index contributed by atoms with van der Waals surface area (Å²) in [6.45, 7) is 2.81. The molecule has 4 rings (SSSR count). The topological polar surface area (TPSA) is 130 Å². The summed E-state index contributed by atoms with van der Waals surface area (Å²) in [6.07, 6.45) is 1.98. The van der Waals surface area contributed by atoms with E-state index in [0.29, 0.717) is 11.4 Å². The molecule has 8 nitrogen and oxygen atoms in total. The summed E-state index contributed by atoms with van der Waals surface area (Å²) in [5.41, 5.74) is 7.53. The van der Waals surface area contributed by atoms with E-state index >= 15 is 0 Å². The Balaban J connectivity index is 1.45. The number of carboxylic acids is 1. The lowest BCUT2D eigenvalue weighted by Crippen LogP contribution is -2.42. The number of nitrogens with zero attached hydrogens (tertiary/aromatic N) is 2. The third-order valence-electron chi connectivity index (χ3n) is 5.51. The van der Waals surface area contributed by atoms with Gasteiger partial charge in [-0.15, -0.1) is 11.3 Å². The fraction of sp³-hybridized carbons (Fsp3) is 0.273. The van der Waals surface area contributed by atoms with Crippen molar-refractivity contribution in [1.82, 2.24) is 15.3 Å². The number of amides is 1. The average molecular weight is 438 g/mol. The summed E-state index contributed by atoms with van der Waals surface area (Å²) in [6, 6.07) is 11.9. The minimum Gasteiger partial charge on any atom is -0.480 e. The number of thiophene rings is 1. The monoisotopic (exact) mass is 437 g/mol. The summed E-state index contributed by atoms with van der Waals surface area (Å²) in [5.74, 6) is -0.160. The van der Waals surface area contributed by atoms with Crippen molar-refractivity contribution in [3.63, 3.8) is 0 Å². The van der Waals surface area contributed by atoms with Gasteiger partial charge in [-0.3, -0.25) is 4.79 Å². The second-order valence-corrected chi connectivity index (χ2v) is 8.68. The lowest BCUT2D eigenvalue weighted by molar-refractivity contribution is -0.139. The number of anilines is 2. The molecule has 5 N–H and O–H groups in total. The second-order valence-electron chi connectivity index (χ2n) is 7.56. The van der Waals surface area contributed by atoms with Crippen LogP contribution in [0.25, 0.3) is 0 Å². The van der Waals surface area contributed by atoms with Crippen molar-refractivity contribution in [1.29, 1.82) is 0 Å². The number of carbonyl (C=O) groups is 2. The van der Waals surface area contributed by atoms with E-state index in [1.165, 1.54) is 11.3 Å². The van der Waals surface area contributed by atoms with Gasteiger partial charge in [0.15, 0.2) is 0 Å². The smallest absolute Gasteiger partial charge is 0.326 e. The van der Waals surface area contributed by atoms with Gasteiger partial charge in [0, 0.05) is 35.5 Å². The molecule has 0 radical (unpaired) electrons. The summed E-state index contributed by atoms with van der Waals surface area (Å²) >= 11 is 1.38. The highest BCUT2D eigenvalue weighted by molar-refractivity contribution is 7.14. The molecule has 3 aromatic rings. The molecule has 2 unspecified atom stereocenters. The molecule has 1 amide bonds. The predicted octanol–water partition coefficient (Wildman–Crippen LogP) is 2.86. The van der Waals surface area contributed by atoms with E-state index in [1.54, 1.807) is 12.3 Å². The van der Waals surface area contributed by atoms with E-state index in [0.717, 1.165) is 21.8 Å². The fourth-order valence-corrected chi connectivity index (χ4v) is 4.81. The van der Waals surface area contributed by atoms with Gasteiger partial charge >= 0.3 is 5.97 Å². The average Bonchev–Trinajstić information content (AvgIpc) is 3.40. The molecule has 0 aliphatic carbocycles. The molecule has 3 heterocycles. The molecule has 9 heteroatoms. The summed E-state index contributed by atoms with van der Waals surface area (Å²) < 4.78 is 0. The number of hydrogen-bond acceptors (Lipinski definition) is 7. The van der Waals surface area contributed by atoms with Crippen LogP contribution in [0.1, 0.15) is 44.4 Å². The first kappa shape index (κ1) is 20.8. The summed E-state index contributed by atoms with van der Waals surface area (Å²) in [5, 5.41) is 15.5. The number of hydrogen-bond donors (Lipinski definition) is 4. The summed E-state index contributed by atoms with van der Waals surface area (Å²) in [7, 11) is 0. The number of nitrogens with one attached hydrogen (secondary N) is 2. The number of nitrogen functional groups attached to an aromatic ring is 1. The van der Waals surface area contributed by atoms with E-state index in [-0.39, 0.29) is 30.1 Å². The summed E-state index contributed by atoms with van der Waals surface area (Å²) in [4.78, 5) is 34.3. The van der Waals surface area contributed by atoms with E-state index in [2.05, 4.69) is 27.5 Å². The van der Waals surface area contributed by atoms with Gasteiger partial charge in [0.25, 0.3) is 5.91 Å². The van der Waals surface area contributed by atoms with Crippen LogP contribution in [0.3, 0.4) is 0 Å². The minimum atomic E-state index is -1.06. The van der Waals surface area contributed by atoms with Gasteiger partial charge in [0.05, 0.1) is 4.88 Å². The van der Waals surface area contributed by atoms with Crippen LogP contribution in [0.2, 0.25) is 0 Å². The molecule has 0 saturated carbocycles. The van der Waals surface area contributed by atoms with Crippen molar-refractivity contribution in [2.24, 2.45) is 0 Å². The largest absolute Gasteiger partial charge is 0.480 e. The van der Waals surface area contributed by atoms with Crippen molar-refractivity contribution in [3.8, 4) is 0 Å². The Hall–Kier alpha value is -3.46. The number of aromatic nitrogens is 2. The Morgan fingerprint density at radius 2 is 2.06 bits per heavy atom. The van der Waals surface area contributed by atoms with Crippen molar-refractivity contribution in [2.75, 3.05) is 17.6 Å². The Morgan fingerprint density at radius 1 is 1.29 bits per heavy atom. The predicted molar refractivity (Wildman–Crippen MR) is 119 cm³/mol. The zero-order valence-electron chi connectivity index (χ0n) is 16.9. The van der Waals surface area contributed by atoms with Crippen LogP contribution in [-0.2, 0) is 11.2 Å². The first-order valence-corrected chi connectivity index (χ1v) is 10.8. The molecule has 0 fully saturated rings. The van der Waals surface area contributed by atoms with Crippen molar-refractivity contribution in [2.45, 2.75) is 31.2 Å². The third-order valence-corrected chi connectivity index (χ3v) is 6.80. The highest BCUT2D eigenvalue weighted by atomic mass is 32.1. The molecule has 0 spiro atoms. The maximum absolute atomic E-state index is 12.7. The molecule has 160 valence electrons. The van der Waals surface area contributed by atoms with Crippen LogP contribution in [0, 0.1) is 0 Å².